The van der Waals surface area contributed by atoms with E-state index in [1.165, 1.54) is 6.07 Å². The third-order valence-corrected chi connectivity index (χ3v) is 4.72. The van der Waals surface area contributed by atoms with E-state index in [1.807, 2.05) is 0 Å². The van der Waals surface area contributed by atoms with Crippen LogP contribution >= 0.6 is 24.0 Å². The van der Waals surface area contributed by atoms with Crippen LogP contribution in [0.15, 0.2) is 29.3 Å². The van der Waals surface area contributed by atoms with Crippen LogP contribution in [-0.4, -0.2) is 46.0 Å². The van der Waals surface area contributed by atoms with Crippen molar-refractivity contribution in [1.29, 1.82) is 0 Å². The molecule has 0 aliphatic heterocycles. The Hall–Kier alpha value is -0.900. The first-order valence-electron chi connectivity index (χ1n) is 6.87. The molecule has 0 atom stereocenters. The molecule has 1 aromatic rings. The Labute approximate surface area is 148 Å². The number of nitrogens with one attached hydrogen (secondary N) is 2. The summed E-state index contributed by atoms with van der Waals surface area (Å²) in [6.07, 6.45) is 0.528. The summed E-state index contributed by atoms with van der Waals surface area (Å²) in [4.78, 5) is 3.99. The van der Waals surface area contributed by atoms with Crippen LogP contribution in [-0.2, 0) is 16.3 Å². The molecule has 0 aliphatic carbocycles. The van der Waals surface area contributed by atoms with E-state index >= 15 is 0 Å². The molecule has 1 aromatic carbocycles. The molecule has 0 radical (unpaired) electrons. The van der Waals surface area contributed by atoms with Gasteiger partial charge in [0, 0.05) is 25.9 Å². The van der Waals surface area contributed by atoms with Gasteiger partial charge in [0.15, 0.2) is 15.8 Å². The highest BCUT2D eigenvalue weighted by molar-refractivity contribution is 14.0. The smallest absolute Gasteiger partial charge is 0.191 e. The van der Waals surface area contributed by atoms with Crippen LogP contribution in [0.25, 0.3) is 0 Å². The fraction of sp³-hybridized carbons (Fsp3) is 0.500. The van der Waals surface area contributed by atoms with E-state index in [9.17, 15) is 12.8 Å². The predicted molar refractivity (Wildman–Crippen MR) is 99.2 cm³/mol. The second-order valence-corrected chi connectivity index (χ2v) is 6.98. The molecule has 0 aromatic heterocycles. The molecule has 0 fully saturated rings. The summed E-state index contributed by atoms with van der Waals surface area (Å²) in [7, 11) is -1.38. The zero-order chi connectivity index (χ0) is 15.7. The zero-order valence-electron chi connectivity index (χ0n) is 12.8. The van der Waals surface area contributed by atoms with Gasteiger partial charge in [0.1, 0.15) is 5.82 Å². The highest BCUT2D eigenvalue weighted by Gasteiger charge is 2.07. The van der Waals surface area contributed by atoms with E-state index < -0.39 is 9.84 Å². The van der Waals surface area contributed by atoms with Gasteiger partial charge in [-0.2, -0.15) is 0 Å². The number of halogens is 2. The molecule has 0 aliphatic rings. The van der Waals surface area contributed by atoms with E-state index in [2.05, 4.69) is 15.6 Å². The van der Waals surface area contributed by atoms with Crippen molar-refractivity contribution in [3.63, 3.8) is 0 Å². The Balaban J connectivity index is 0.00000441. The molecular weight excluding hydrogens is 420 g/mol. The van der Waals surface area contributed by atoms with Gasteiger partial charge in [-0.15, -0.1) is 24.0 Å². The van der Waals surface area contributed by atoms with Gasteiger partial charge in [0.2, 0.25) is 0 Å². The molecule has 1 rings (SSSR count). The molecule has 0 saturated carbocycles. The van der Waals surface area contributed by atoms with Crippen LogP contribution in [0.1, 0.15) is 12.5 Å². The summed E-state index contributed by atoms with van der Waals surface area (Å²) in [6.45, 7) is 2.44. The van der Waals surface area contributed by atoms with Gasteiger partial charge in [0.25, 0.3) is 0 Å². The number of sulfone groups is 1. The summed E-state index contributed by atoms with van der Waals surface area (Å²) in [5, 5.41) is 5.95. The standard InChI is InChI=1S/C14H22FN3O2S.HI/c1-3-21(19,20)11-10-18-14(16-2)17-9-8-12-6-4-5-7-13(12)15;/h4-7H,3,8-11H2,1-2H3,(H2,16,17,18);1H. The zero-order valence-corrected chi connectivity index (χ0v) is 15.9. The SMILES string of the molecule is CCS(=O)(=O)CCNC(=NC)NCCc1ccccc1F.I. The summed E-state index contributed by atoms with van der Waals surface area (Å²) < 4.78 is 36.2. The fourth-order valence-electron chi connectivity index (χ4n) is 1.71. The molecule has 5 nitrogen and oxygen atoms in total. The van der Waals surface area contributed by atoms with Gasteiger partial charge >= 0.3 is 0 Å². The molecule has 8 heteroatoms. The first-order chi connectivity index (χ1) is 9.98. The molecule has 0 unspecified atom stereocenters. The number of rotatable bonds is 7. The Morgan fingerprint density at radius 3 is 2.45 bits per heavy atom. The van der Waals surface area contributed by atoms with Crippen molar-refractivity contribution < 1.29 is 12.8 Å². The number of nitrogens with zero attached hydrogens (tertiary/aromatic N) is 1. The number of guanidine groups is 1. The molecule has 0 heterocycles. The van der Waals surface area contributed by atoms with Crippen molar-refractivity contribution in [3.05, 3.63) is 35.6 Å². The maximum Gasteiger partial charge on any atom is 0.191 e. The summed E-state index contributed by atoms with van der Waals surface area (Å²) >= 11 is 0. The molecular formula is C14H23FIN3O2S. The van der Waals surface area contributed by atoms with Gasteiger partial charge in [-0.3, -0.25) is 4.99 Å². The molecule has 126 valence electrons. The first-order valence-corrected chi connectivity index (χ1v) is 8.69. The maximum atomic E-state index is 13.4. The summed E-state index contributed by atoms with van der Waals surface area (Å²) in [6, 6.07) is 6.61. The van der Waals surface area contributed by atoms with Gasteiger partial charge in [-0.1, -0.05) is 25.1 Å². The number of aliphatic imine (C=N–C) groups is 1. The van der Waals surface area contributed by atoms with E-state index in [4.69, 9.17) is 0 Å². The minimum absolute atomic E-state index is 0. The average Bonchev–Trinajstić information content (AvgIpc) is 2.47. The van der Waals surface area contributed by atoms with Crippen molar-refractivity contribution in [1.82, 2.24) is 10.6 Å². The van der Waals surface area contributed by atoms with E-state index in [0.29, 0.717) is 31.0 Å². The fourth-order valence-corrected chi connectivity index (χ4v) is 2.41. The van der Waals surface area contributed by atoms with Gasteiger partial charge in [0.05, 0.1) is 5.75 Å². The van der Waals surface area contributed by atoms with Crippen molar-refractivity contribution in [2.24, 2.45) is 4.99 Å². The summed E-state index contributed by atoms with van der Waals surface area (Å²) in [5.41, 5.74) is 0.633. The number of hydrogen-bond acceptors (Lipinski definition) is 3. The van der Waals surface area contributed by atoms with Crippen LogP contribution in [0.5, 0.6) is 0 Å². The Morgan fingerprint density at radius 1 is 1.23 bits per heavy atom. The Bertz CT molecular complexity index is 579. The normalized spacial score (nSPS) is 11.7. The summed E-state index contributed by atoms with van der Waals surface area (Å²) in [5.74, 6) is 0.486. The lowest BCUT2D eigenvalue weighted by Gasteiger charge is -2.12. The van der Waals surface area contributed by atoms with Crippen LogP contribution in [0.3, 0.4) is 0 Å². The van der Waals surface area contributed by atoms with Crippen molar-refractivity contribution in [2.75, 3.05) is 31.6 Å². The lowest BCUT2D eigenvalue weighted by atomic mass is 10.1. The monoisotopic (exact) mass is 443 g/mol. The van der Waals surface area contributed by atoms with Crippen LogP contribution in [0.4, 0.5) is 4.39 Å². The van der Waals surface area contributed by atoms with E-state index in [-0.39, 0.29) is 41.3 Å². The maximum absolute atomic E-state index is 13.4. The second-order valence-electron chi connectivity index (χ2n) is 4.50. The van der Waals surface area contributed by atoms with Crippen LogP contribution < -0.4 is 10.6 Å². The minimum Gasteiger partial charge on any atom is -0.356 e. The lowest BCUT2D eigenvalue weighted by molar-refractivity contribution is 0.595. The van der Waals surface area contributed by atoms with Crippen LogP contribution in [0, 0.1) is 5.82 Å². The van der Waals surface area contributed by atoms with Crippen molar-refractivity contribution in [3.8, 4) is 0 Å². The second kappa shape index (κ2) is 10.8. The lowest BCUT2D eigenvalue weighted by Crippen LogP contribution is -2.40. The third kappa shape index (κ3) is 7.92. The van der Waals surface area contributed by atoms with Crippen LogP contribution in [0.2, 0.25) is 0 Å². The van der Waals surface area contributed by atoms with E-state index in [0.717, 1.165) is 0 Å². The Morgan fingerprint density at radius 2 is 1.86 bits per heavy atom. The van der Waals surface area contributed by atoms with Gasteiger partial charge < -0.3 is 10.6 Å². The quantitative estimate of drug-likeness (QED) is 0.382. The highest BCUT2D eigenvalue weighted by atomic mass is 127. The molecule has 0 spiro atoms. The highest BCUT2D eigenvalue weighted by Crippen LogP contribution is 2.05. The first kappa shape index (κ1) is 21.1. The van der Waals surface area contributed by atoms with Gasteiger partial charge in [-0.05, 0) is 18.1 Å². The Kier molecular flexibility index (Phi) is 10.3. The van der Waals surface area contributed by atoms with Crippen molar-refractivity contribution in [2.45, 2.75) is 13.3 Å². The molecule has 0 bridgehead atoms. The molecule has 2 N–H and O–H groups in total. The number of hydrogen-bond donors (Lipinski definition) is 2. The number of benzene rings is 1. The molecule has 0 saturated heterocycles. The van der Waals surface area contributed by atoms with E-state index in [1.54, 1.807) is 32.2 Å². The molecule has 22 heavy (non-hydrogen) atoms. The largest absolute Gasteiger partial charge is 0.356 e. The van der Waals surface area contributed by atoms with Crippen molar-refractivity contribution >= 4 is 39.8 Å². The average molecular weight is 443 g/mol. The molecule has 0 amide bonds. The third-order valence-electron chi connectivity index (χ3n) is 3.01. The van der Waals surface area contributed by atoms with Gasteiger partial charge in [-0.25, -0.2) is 12.8 Å². The predicted octanol–water partition coefficient (Wildman–Crippen LogP) is 1.59. The topological polar surface area (TPSA) is 70.6 Å². The minimum atomic E-state index is -2.99.